The number of rotatable bonds is 5. The van der Waals surface area contributed by atoms with E-state index in [4.69, 9.17) is 4.42 Å². The van der Waals surface area contributed by atoms with E-state index < -0.39 is 8.07 Å². The Labute approximate surface area is 255 Å². The van der Waals surface area contributed by atoms with E-state index in [9.17, 15) is 0 Å². The standard InChI is InChI=1S/C21H23.C11H14OSi.2ClH.Zr/c1-3-4-5-7-17-10-12-18(13-11-17)20-9-6-8-19-14-16(2)15-21(19)20;1-6-5-8-9(12-6)11-7(2)10(8)13(11,3)4;;;/h6,8-15H,3-5,7H2,1-2H3;5,11H,1-4H3;2*1H;/q-1;;;;+3/p-2. The molecule has 193 valence electrons. The number of allylic oxidation sites excluding steroid dienone is 1. The van der Waals surface area contributed by atoms with Gasteiger partial charge in [-0.2, -0.15) is 6.07 Å². The van der Waals surface area contributed by atoms with Crippen molar-refractivity contribution < 1.29 is 55.4 Å². The van der Waals surface area contributed by atoms with Crippen molar-refractivity contribution in [3.05, 3.63) is 94.4 Å². The Hall–Kier alpha value is -1.25. The fourth-order valence-electron chi connectivity index (χ4n) is 6.35. The molecule has 0 spiro atoms. The van der Waals surface area contributed by atoms with Crippen LogP contribution in [-0.2, 0) is 32.6 Å². The Morgan fingerprint density at radius 1 is 0.892 bits per heavy atom. The predicted molar refractivity (Wildman–Crippen MR) is 149 cm³/mol. The monoisotopic (exact) mass is 625 g/mol. The molecular formula is C32H37Cl2OSiZr. The van der Waals surface area contributed by atoms with Crippen LogP contribution in [0.3, 0.4) is 0 Å². The van der Waals surface area contributed by atoms with Gasteiger partial charge in [0.1, 0.15) is 11.5 Å². The minimum absolute atomic E-state index is 0. The summed E-state index contributed by atoms with van der Waals surface area (Å²) < 4.78 is 5.78. The van der Waals surface area contributed by atoms with Gasteiger partial charge in [-0.3, -0.25) is 0 Å². The van der Waals surface area contributed by atoms with Crippen LogP contribution in [0.2, 0.25) is 13.1 Å². The van der Waals surface area contributed by atoms with Gasteiger partial charge in [-0.1, -0.05) is 81.3 Å². The van der Waals surface area contributed by atoms with Crippen molar-refractivity contribution in [1.29, 1.82) is 0 Å². The third kappa shape index (κ3) is 5.86. The quantitative estimate of drug-likeness (QED) is 0.188. The summed E-state index contributed by atoms with van der Waals surface area (Å²) in [5.74, 6) is 2.35. The van der Waals surface area contributed by atoms with Crippen LogP contribution in [0.15, 0.2) is 70.7 Å². The van der Waals surface area contributed by atoms with E-state index in [-0.39, 0.29) is 51.0 Å². The summed E-state index contributed by atoms with van der Waals surface area (Å²) in [4.78, 5) is 0. The van der Waals surface area contributed by atoms with Crippen LogP contribution in [0.5, 0.6) is 0 Å². The summed E-state index contributed by atoms with van der Waals surface area (Å²) in [5.41, 5.74) is 9.20. The Bertz CT molecular complexity index is 1380. The maximum absolute atomic E-state index is 5.78. The molecule has 0 amide bonds. The second kappa shape index (κ2) is 12.7. The molecule has 1 aliphatic carbocycles. The largest absolute Gasteiger partial charge is 3.00 e. The van der Waals surface area contributed by atoms with Crippen LogP contribution in [0, 0.1) is 13.8 Å². The summed E-state index contributed by atoms with van der Waals surface area (Å²) in [7, 11) is -1.10. The van der Waals surface area contributed by atoms with E-state index in [1.807, 2.05) is 6.92 Å². The number of fused-ring (bicyclic) bond motifs is 1. The first kappa shape index (κ1) is 32.0. The van der Waals surface area contributed by atoms with Crippen molar-refractivity contribution >= 4 is 24.0 Å². The number of halogens is 2. The van der Waals surface area contributed by atoms with Gasteiger partial charge in [-0.15, -0.1) is 34.5 Å². The van der Waals surface area contributed by atoms with Gasteiger partial charge in [-0.05, 0) is 49.1 Å². The molecule has 0 saturated heterocycles. The molecule has 4 aromatic rings. The molecular weight excluding hydrogens is 591 g/mol. The van der Waals surface area contributed by atoms with Gasteiger partial charge in [0.15, 0.2) is 0 Å². The predicted octanol–water partition coefficient (Wildman–Crippen LogP) is 3.53. The van der Waals surface area contributed by atoms with E-state index in [2.05, 4.69) is 94.5 Å². The van der Waals surface area contributed by atoms with Gasteiger partial charge < -0.3 is 29.2 Å². The third-order valence-corrected chi connectivity index (χ3v) is 11.9. The van der Waals surface area contributed by atoms with E-state index in [1.54, 1.807) is 10.8 Å². The van der Waals surface area contributed by atoms with E-state index in [0.29, 0.717) is 5.54 Å². The molecule has 3 aliphatic rings. The number of hydrogen-bond acceptors (Lipinski definition) is 1. The zero-order valence-corrected chi connectivity index (χ0v) is 27.8. The van der Waals surface area contributed by atoms with Gasteiger partial charge in [0, 0.05) is 11.1 Å². The molecule has 0 fully saturated rings. The second-order valence-electron chi connectivity index (χ2n) is 10.8. The van der Waals surface area contributed by atoms with Crippen molar-refractivity contribution in [3.63, 3.8) is 0 Å². The van der Waals surface area contributed by atoms with Crippen molar-refractivity contribution in [1.82, 2.24) is 0 Å². The van der Waals surface area contributed by atoms with Crippen LogP contribution >= 0.6 is 0 Å². The molecule has 1 radical (unpaired) electrons. The summed E-state index contributed by atoms with van der Waals surface area (Å²) in [6, 6.07) is 22.5. The molecule has 3 aromatic carbocycles. The molecule has 37 heavy (non-hydrogen) atoms. The van der Waals surface area contributed by atoms with Crippen LogP contribution in [0.4, 0.5) is 0 Å². The Morgan fingerprint density at radius 2 is 1.59 bits per heavy atom. The van der Waals surface area contributed by atoms with Crippen LogP contribution < -0.4 is 24.8 Å². The molecule has 0 N–H and O–H groups in total. The Morgan fingerprint density at radius 3 is 2.22 bits per heavy atom. The third-order valence-electron chi connectivity index (χ3n) is 7.84. The van der Waals surface area contributed by atoms with E-state index in [1.165, 1.54) is 70.0 Å². The Balaban J connectivity index is 0.000000261. The molecule has 3 heterocycles. The van der Waals surface area contributed by atoms with Crippen molar-refractivity contribution in [2.75, 3.05) is 0 Å². The number of aryl methyl sites for hydroxylation is 3. The van der Waals surface area contributed by atoms with E-state index in [0.717, 1.165) is 5.76 Å². The molecule has 2 bridgehead atoms. The summed E-state index contributed by atoms with van der Waals surface area (Å²) in [6.07, 6.45) is 5.12. The van der Waals surface area contributed by atoms with Crippen molar-refractivity contribution in [2.24, 2.45) is 0 Å². The fourth-order valence-corrected chi connectivity index (χ4v) is 10.6. The van der Waals surface area contributed by atoms with Crippen LogP contribution in [0.25, 0.3) is 27.1 Å². The first-order chi connectivity index (χ1) is 16.3. The molecule has 7 rings (SSSR count). The maximum Gasteiger partial charge on any atom is 3.00 e. The van der Waals surface area contributed by atoms with Gasteiger partial charge in [0.05, 0.1) is 8.07 Å². The number of unbranched alkanes of at least 4 members (excludes halogenated alkanes) is 2. The molecule has 2 aliphatic heterocycles. The first-order valence-corrected chi connectivity index (χ1v) is 16.0. The zero-order valence-electron chi connectivity index (χ0n) is 22.8. The average molecular weight is 628 g/mol. The maximum atomic E-state index is 5.78. The zero-order chi connectivity index (χ0) is 24.0. The normalized spacial score (nSPS) is 16.0. The number of furan rings is 1. The SMILES string of the molecule is CC1=C2c3cc(C)oc3C1[Si]2(C)C.CCCCCc1ccc(-c2cccc3[cH-]c(C)cc23)cc1.[Cl-].[Cl-].[Zr+3]. The minimum atomic E-state index is -1.10. The van der Waals surface area contributed by atoms with Gasteiger partial charge in [-0.25, -0.2) is 0 Å². The number of hydrogen-bond donors (Lipinski definition) is 0. The first-order valence-electron chi connectivity index (χ1n) is 12.9. The van der Waals surface area contributed by atoms with Gasteiger partial charge in [0.25, 0.3) is 0 Å². The molecule has 1 unspecified atom stereocenters. The van der Waals surface area contributed by atoms with Crippen LogP contribution in [0.1, 0.15) is 66.9 Å². The smallest absolute Gasteiger partial charge is 1.00 e. The van der Waals surface area contributed by atoms with Crippen LogP contribution in [-0.4, -0.2) is 8.07 Å². The minimum Gasteiger partial charge on any atom is -1.00 e. The summed E-state index contributed by atoms with van der Waals surface area (Å²) in [5, 5.41) is 4.38. The summed E-state index contributed by atoms with van der Waals surface area (Å²) >= 11 is 0. The average Bonchev–Trinajstić information content (AvgIpc) is 3.48. The molecule has 1 atom stereocenters. The topological polar surface area (TPSA) is 13.1 Å². The molecule has 1 nitrogen and oxygen atoms in total. The fraction of sp³-hybridized carbons (Fsp3) is 0.344. The number of benzene rings is 2. The molecule has 5 heteroatoms. The summed E-state index contributed by atoms with van der Waals surface area (Å²) in [6.45, 7) is 13.6. The van der Waals surface area contributed by atoms with Gasteiger partial charge in [0.2, 0.25) is 0 Å². The molecule has 1 aromatic heterocycles. The second-order valence-corrected chi connectivity index (χ2v) is 15.4. The van der Waals surface area contributed by atoms with Gasteiger partial charge >= 0.3 is 26.2 Å². The van der Waals surface area contributed by atoms with Crippen molar-refractivity contribution in [3.8, 4) is 11.1 Å². The molecule has 0 saturated carbocycles. The Kier molecular flexibility index (Phi) is 11.0. The van der Waals surface area contributed by atoms with E-state index >= 15 is 0 Å². The van der Waals surface area contributed by atoms with Crippen molar-refractivity contribution in [2.45, 2.75) is 72.0 Å².